The number of amides is 1. The van der Waals surface area contributed by atoms with Crippen LogP contribution in [0.15, 0.2) is 88.8 Å². The summed E-state index contributed by atoms with van der Waals surface area (Å²) >= 11 is 0. The number of carbonyl (C=O) groups is 2. The lowest BCUT2D eigenvalue weighted by molar-refractivity contribution is -0.147. The van der Waals surface area contributed by atoms with Crippen LogP contribution in [0.1, 0.15) is 71.6 Å². The van der Waals surface area contributed by atoms with Crippen molar-refractivity contribution in [3.63, 3.8) is 0 Å². The van der Waals surface area contributed by atoms with Crippen LogP contribution >= 0.6 is 0 Å². The minimum Gasteiger partial charge on any atom is -0.487 e. The van der Waals surface area contributed by atoms with Gasteiger partial charge in [0.05, 0.1) is 4.90 Å². The summed E-state index contributed by atoms with van der Waals surface area (Å²) in [7, 11) is -4.08. The first-order valence-corrected chi connectivity index (χ1v) is 19.2. The highest BCUT2D eigenvalue weighted by Crippen LogP contribution is 2.45. The molecular weight excluding hydrogens is 693 g/mol. The first kappa shape index (κ1) is 37.4. The number of nitrogens with one attached hydrogen (secondary N) is 2. The van der Waals surface area contributed by atoms with E-state index in [1.807, 2.05) is 87.5 Å². The lowest BCUT2D eigenvalue weighted by Gasteiger charge is -2.19. The van der Waals surface area contributed by atoms with Gasteiger partial charge < -0.3 is 25.3 Å². The van der Waals surface area contributed by atoms with Gasteiger partial charge in [-0.05, 0) is 92.0 Å². The number of hydrogen-bond acceptors (Lipinski definition) is 8. The zero-order chi connectivity index (χ0) is 37.9. The van der Waals surface area contributed by atoms with Crippen molar-refractivity contribution in [2.45, 2.75) is 82.9 Å². The maximum atomic E-state index is 13.6. The van der Waals surface area contributed by atoms with Crippen LogP contribution in [0, 0.1) is 20.8 Å². The third-order valence-corrected chi connectivity index (χ3v) is 11.5. The summed E-state index contributed by atoms with van der Waals surface area (Å²) in [5, 5.41) is 2.68. The molecular formula is C41H46N4O7S. The van der Waals surface area contributed by atoms with Crippen LogP contribution in [0.2, 0.25) is 0 Å². The minimum atomic E-state index is -4.08. The van der Waals surface area contributed by atoms with Gasteiger partial charge in [0.2, 0.25) is 5.96 Å². The molecule has 6 rings (SSSR count). The SMILES string of the molecule is Cc1c(C)c(S(=O)(=O)NC(N)=NCCC[C@H](NC(=O)OCC2c3ccccc3-c3ccccc32)C(=O)OCc2ccccc2)c(C)c2c1OC(C)(C)C2. The van der Waals surface area contributed by atoms with Gasteiger partial charge in [0.1, 0.15) is 30.6 Å². The van der Waals surface area contributed by atoms with E-state index >= 15 is 0 Å². The van der Waals surface area contributed by atoms with Crippen molar-refractivity contribution < 1.29 is 32.2 Å². The average molecular weight is 739 g/mol. The van der Waals surface area contributed by atoms with Crippen LogP contribution in [0.5, 0.6) is 5.75 Å². The quantitative estimate of drug-likeness (QED) is 0.0657. The van der Waals surface area contributed by atoms with E-state index in [1.165, 1.54) is 0 Å². The third kappa shape index (κ3) is 8.17. The molecule has 278 valence electrons. The molecule has 1 aliphatic carbocycles. The molecule has 11 nitrogen and oxygen atoms in total. The van der Waals surface area contributed by atoms with Crippen molar-refractivity contribution in [2.24, 2.45) is 10.7 Å². The summed E-state index contributed by atoms with van der Waals surface area (Å²) < 4.78 is 47.0. The lowest BCUT2D eigenvalue weighted by Crippen LogP contribution is -2.42. The summed E-state index contributed by atoms with van der Waals surface area (Å²) in [5.74, 6) is -0.336. The molecule has 4 aromatic carbocycles. The van der Waals surface area contributed by atoms with Gasteiger partial charge in [-0.25, -0.2) is 22.7 Å². The van der Waals surface area contributed by atoms with E-state index in [4.69, 9.17) is 19.9 Å². The molecule has 4 N–H and O–H groups in total. The van der Waals surface area contributed by atoms with Crippen LogP contribution < -0.4 is 20.5 Å². The summed E-state index contributed by atoms with van der Waals surface area (Å²) in [4.78, 5) is 30.8. The molecule has 53 heavy (non-hydrogen) atoms. The molecule has 12 heteroatoms. The number of benzene rings is 4. The van der Waals surface area contributed by atoms with E-state index in [-0.39, 0.29) is 49.4 Å². The Morgan fingerprint density at radius 1 is 0.906 bits per heavy atom. The fourth-order valence-electron chi connectivity index (χ4n) is 7.22. The summed E-state index contributed by atoms with van der Waals surface area (Å²) in [6, 6.07) is 24.2. The van der Waals surface area contributed by atoms with Gasteiger partial charge >= 0.3 is 12.1 Å². The molecule has 1 heterocycles. The molecule has 0 bridgehead atoms. The number of hydrogen-bond donors (Lipinski definition) is 3. The van der Waals surface area contributed by atoms with Crippen LogP contribution in [0.3, 0.4) is 0 Å². The van der Waals surface area contributed by atoms with Crippen molar-refractivity contribution in [2.75, 3.05) is 13.2 Å². The highest BCUT2D eigenvalue weighted by molar-refractivity contribution is 7.90. The van der Waals surface area contributed by atoms with Gasteiger partial charge in [0, 0.05) is 24.4 Å². The standard InChI is InChI=1S/C41H46N4O7S/c1-25-26(2)37(27(3)33-22-41(4,5)52-36(25)33)53(48,49)45-39(42)43-21-13-20-35(38(46)50-23-28-14-7-6-8-15-28)44-40(47)51-24-34-31-18-11-9-16-29(31)30-17-10-12-19-32(30)34/h6-12,14-19,34-35H,13,20-24H2,1-5H3,(H,44,47)(H3,42,43,45)/t35-/m0/s1. The number of ether oxygens (including phenoxy) is 3. The molecule has 1 amide bonds. The Morgan fingerprint density at radius 2 is 1.53 bits per heavy atom. The predicted molar refractivity (Wildman–Crippen MR) is 203 cm³/mol. The summed E-state index contributed by atoms with van der Waals surface area (Å²) in [6.07, 6.45) is 0.243. The highest BCUT2D eigenvalue weighted by atomic mass is 32.2. The van der Waals surface area contributed by atoms with Crippen LogP contribution in [0.25, 0.3) is 11.1 Å². The fraction of sp³-hybridized carbons (Fsp3) is 0.341. The average Bonchev–Trinajstić information content (AvgIpc) is 3.64. The number of rotatable bonds is 12. The minimum absolute atomic E-state index is 0.0278. The Balaban J connectivity index is 1.09. The number of nitrogens with two attached hydrogens (primary N) is 1. The second-order valence-electron chi connectivity index (χ2n) is 14.2. The smallest absolute Gasteiger partial charge is 0.407 e. The van der Waals surface area contributed by atoms with E-state index in [0.717, 1.165) is 44.7 Å². The molecule has 4 aromatic rings. The van der Waals surface area contributed by atoms with E-state index in [0.29, 0.717) is 17.5 Å². The topological polar surface area (TPSA) is 158 Å². The van der Waals surface area contributed by atoms with Crippen molar-refractivity contribution in [3.8, 4) is 16.9 Å². The monoisotopic (exact) mass is 738 g/mol. The van der Waals surface area contributed by atoms with Crippen molar-refractivity contribution in [3.05, 3.63) is 118 Å². The normalized spacial score (nSPS) is 15.1. The summed E-state index contributed by atoms with van der Waals surface area (Å²) in [5.41, 5.74) is 13.6. The predicted octanol–water partition coefficient (Wildman–Crippen LogP) is 6.35. The molecule has 2 aliphatic rings. The molecule has 0 spiro atoms. The lowest BCUT2D eigenvalue weighted by atomic mass is 9.94. The second kappa shape index (κ2) is 15.3. The Bertz CT molecular complexity index is 2120. The first-order valence-electron chi connectivity index (χ1n) is 17.7. The molecule has 0 fully saturated rings. The molecule has 0 unspecified atom stereocenters. The number of fused-ring (bicyclic) bond motifs is 4. The highest BCUT2D eigenvalue weighted by Gasteiger charge is 2.37. The Labute approximate surface area is 311 Å². The molecule has 0 saturated heterocycles. The van der Waals surface area contributed by atoms with Crippen LogP contribution in [-0.4, -0.2) is 51.2 Å². The Morgan fingerprint density at radius 3 is 2.19 bits per heavy atom. The third-order valence-electron chi connectivity index (χ3n) is 9.88. The van der Waals surface area contributed by atoms with Gasteiger partial charge in [-0.2, -0.15) is 0 Å². The van der Waals surface area contributed by atoms with Crippen LogP contribution in [0.4, 0.5) is 4.79 Å². The number of carbonyl (C=O) groups excluding carboxylic acids is 2. The number of esters is 1. The van der Waals surface area contributed by atoms with Gasteiger partial charge in [-0.3, -0.25) is 4.99 Å². The van der Waals surface area contributed by atoms with Crippen molar-refractivity contribution in [1.82, 2.24) is 10.0 Å². The number of nitrogens with zero attached hydrogens (tertiary/aromatic N) is 1. The number of alkyl carbamates (subject to hydrolysis) is 1. The molecule has 1 aliphatic heterocycles. The summed E-state index contributed by atoms with van der Waals surface area (Å²) in [6.45, 7) is 9.51. The van der Waals surface area contributed by atoms with Gasteiger partial charge in [0.15, 0.2) is 0 Å². The molecule has 0 saturated carbocycles. The van der Waals surface area contributed by atoms with Crippen LogP contribution in [-0.2, 0) is 37.3 Å². The van der Waals surface area contributed by atoms with Gasteiger partial charge in [-0.15, -0.1) is 0 Å². The maximum absolute atomic E-state index is 13.6. The number of sulfonamides is 1. The number of guanidine groups is 1. The molecule has 0 aromatic heterocycles. The van der Waals surface area contributed by atoms with E-state index in [2.05, 4.69) is 27.2 Å². The second-order valence-corrected chi connectivity index (χ2v) is 15.8. The van der Waals surface area contributed by atoms with Gasteiger partial charge in [0.25, 0.3) is 10.0 Å². The van der Waals surface area contributed by atoms with E-state index in [1.54, 1.807) is 13.8 Å². The maximum Gasteiger partial charge on any atom is 0.407 e. The number of aliphatic imine (C=N–C) groups is 1. The molecule has 1 atom stereocenters. The van der Waals surface area contributed by atoms with E-state index < -0.39 is 33.7 Å². The zero-order valence-corrected chi connectivity index (χ0v) is 31.5. The Hall–Kier alpha value is -5.36. The van der Waals surface area contributed by atoms with E-state index in [9.17, 15) is 18.0 Å². The zero-order valence-electron chi connectivity index (χ0n) is 30.7. The Kier molecular flexibility index (Phi) is 10.8. The van der Waals surface area contributed by atoms with Crippen molar-refractivity contribution >= 4 is 28.0 Å². The first-order chi connectivity index (χ1) is 25.3. The largest absolute Gasteiger partial charge is 0.487 e. The van der Waals surface area contributed by atoms with Gasteiger partial charge in [-0.1, -0.05) is 78.9 Å². The van der Waals surface area contributed by atoms with Crippen molar-refractivity contribution in [1.29, 1.82) is 0 Å². The fourth-order valence-corrected chi connectivity index (χ4v) is 8.75. The molecule has 0 radical (unpaired) electrons.